The molecule has 1 aromatic rings. The third kappa shape index (κ3) is 2.55. The molecule has 0 bridgehead atoms. The molecular weight excluding hydrogens is 246 g/mol. The van der Waals surface area contributed by atoms with Gasteiger partial charge in [0.2, 0.25) is 0 Å². The highest BCUT2D eigenvalue weighted by Gasteiger charge is 2.34. The summed E-state index contributed by atoms with van der Waals surface area (Å²) in [6.07, 6.45) is -4.13. The van der Waals surface area contributed by atoms with Crippen LogP contribution < -0.4 is 4.74 Å². The van der Waals surface area contributed by atoms with Crippen molar-refractivity contribution in [1.82, 2.24) is 4.98 Å². The molecule has 1 rings (SSSR count). The topological polar surface area (TPSA) is 42.4 Å². The van der Waals surface area contributed by atoms with E-state index >= 15 is 0 Å². The first-order valence-corrected chi connectivity index (χ1v) is 3.85. The molecule has 0 unspecified atom stereocenters. The smallest absolute Gasteiger partial charge is 0.505 e. The first-order valence-electron chi connectivity index (χ1n) is 3.10. The predicted molar refractivity (Wildman–Crippen MR) is 42.6 cm³/mol. The van der Waals surface area contributed by atoms with Crippen LogP contribution in [0.2, 0.25) is 10.2 Å². The summed E-state index contributed by atoms with van der Waals surface area (Å²) in [5, 5.41) is 7.71. The van der Waals surface area contributed by atoms with Crippen molar-refractivity contribution in [2.75, 3.05) is 0 Å². The van der Waals surface area contributed by atoms with Gasteiger partial charge in [0, 0.05) is 0 Å². The minimum Gasteiger partial charge on any atom is -0.505 e. The van der Waals surface area contributed by atoms with Crippen LogP contribution in [0.4, 0.5) is 13.2 Å². The van der Waals surface area contributed by atoms with Crippen molar-refractivity contribution in [2.45, 2.75) is 6.36 Å². The lowest BCUT2D eigenvalue weighted by Crippen LogP contribution is -2.17. The number of hydrogen-bond donors (Lipinski definition) is 1. The second kappa shape index (κ2) is 3.70. The lowest BCUT2D eigenvalue weighted by Gasteiger charge is -2.11. The molecule has 0 amide bonds. The highest BCUT2D eigenvalue weighted by molar-refractivity contribution is 6.37. The lowest BCUT2D eigenvalue weighted by molar-refractivity contribution is -0.274. The van der Waals surface area contributed by atoms with Crippen molar-refractivity contribution in [1.29, 1.82) is 0 Å². The maximum atomic E-state index is 11.8. The van der Waals surface area contributed by atoms with E-state index in [4.69, 9.17) is 28.3 Å². The molecule has 1 aromatic heterocycles. The van der Waals surface area contributed by atoms with Gasteiger partial charge < -0.3 is 9.84 Å². The van der Waals surface area contributed by atoms with Crippen LogP contribution in [0, 0.1) is 0 Å². The molecule has 14 heavy (non-hydrogen) atoms. The summed E-state index contributed by atoms with van der Waals surface area (Å²) in [7, 11) is 0. The highest BCUT2D eigenvalue weighted by atomic mass is 35.5. The fourth-order valence-electron chi connectivity index (χ4n) is 0.643. The number of hydrogen-bond acceptors (Lipinski definition) is 3. The van der Waals surface area contributed by atoms with Gasteiger partial charge in [0.05, 0.1) is 6.20 Å². The Labute approximate surface area is 86.0 Å². The second-order valence-electron chi connectivity index (χ2n) is 2.13. The van der Waals surface area contributed by atoms with Gasteiger partial charge in [0.25, 0.3) is 0 Å². The Morgan fingerprint density at radius 1 is 1.36 bits per heavy atom. The van der Waals surface area contributed by atoms with Crippen LogP contribution in [0.25, 0.3) is 0 Å². The number of nitrogens with zero attached hydrogens (tertiary/aromatic N) is 1. The fraction of sp³-hybridized carbons (Fsp3) is 0.167. The van der Waals surface area contributed by atoms with E-state index in [0.29, 0.717) is 0 Å². The largest absolute Gasteiger partial charge is 0.573 e. The maximum absolute atomic E-state index is 11.8. The number of ether oxygens (including phenoxy) is 1. The predicted octanol–water partition coefficient (Wildman–Crippen LogP) is 2.99. The molecule has 0 aliphatic heterocycles. The van der Waals surface area contributed by atoms with E-state index in [-0.39, 0.29) is 0 Å². The fourth-order valence-corrected chi connectivity index (χ4v) is 1.05. The van der Waals surface area contributed by atoms with Crippen molar-refractivity contribution >= 4 is 23.2 Å². The quantitative estimate of drug-likeness (QED) is 0.776. The summed E-state index contributed by atoms with van der Waals surface area (Å²) in [6, 6.07) is 0. The Kier molecular flexibility index (Phi) is 2.96. The van der Waals surface area contributed by atoms with E-state index in [1.54, 1.807) is 0 Å². The minimum atomic E-state index is -4.94. The number of halogens is 5. The Morgan fingerprint density at radius 2 is 1.93 bits per heavy atom. The molecule has 0 fully saturated rings. The molecule has 3 nitrogen and oxygen atoms in total. The van der Waals surface area contributed by atoms with Gasteiger partial charge in [-0.05, 0) is 0 Å². The highest BCUT2D eigenvalue weighted by Crippen LogP contribution is 2.39. The second-order valence-corrected chi connectivity index (χ2v) is 2.86. The van der Waals surface area contributed by atoms with E-state index in [1.807, 2.05) is 0 Å². The molecule has 8 heteroatoms. The molecule has 0 atom stereocenters. The maximum Gasteiger partial charge on any atom is 0.573 e. The molecule has 0 radical (unpaired) electrons. The number of aromatic hydroxyl groups is 1. The molecular formula is C6H2Cl2F3NO2. The third-order valence-electron chi connectivity index (χ3n) is 1.13. The van der Waals surface area contributed by atoms with E-state index in [2.05, 4.69) is 9.72 Å². The Hall–Kier alpha value is -0.880. The third-order valence-corrected chi connectivity index (χ3v) is 1.76. The first-order chi connectivity index (χ1) is 6.31. The summed E-state index contributed by atoms with van der Waals surface area (Å²) < 4.78 is 38.8. The first kappa shape index (κ1) is 11.2. The summed E-state index contributed by atoms with van der Waals surface area (Å²) in [5.74, 6) is -1.56. The number of pyridine rings is 1. The number of rotatable bonds is 1. The van der Waals surface area contributed by atoms with E-state index < -0.39 is 28.0 Å². The molecule has 0 spiro atoms. The van der Waals surface area contributed by atoms with Gasteiger partial charge in [-0.3, -0.25) is 0 Å². The molecule has 0 aromatic carbocycles. The van der Waals surface area contributed by atoms with Crippen LogP contribution in [-0.4, -0.2) is 16.5 Å². The van der Waals surface area contributed by atoms with Crippen LogP contribution in [0.3, 0.4) is 0 Å². The van der Waals surface area contributed by atoms with Crippen molar-refractivity contribution in [2.24, 2.45) is 0 Å². The summed E-state index contributed by atoms with van der Waals surface area (Å²) in [6.45, 7) is 0. The zero-order valence-corrected chi connectivity index (χ0v) is 7.78. The van der Waals surface area contributed by atoms with E-state index in [9.17, 15) is 13.2 Å². The minimum absolute atomic E-state index is 0.579. The van der Waals surface area contributed by atoms with Crippen molar-refractivity contribution in [3.8, 4) is 11.5 Å². The summed E-state index contributed by atoms with van der Waals surface area (Å²) >= 11 is 10.6. The van der Waals surface area contributed by atoms with Crippen LogP contribution in [0.1, 0.15) is 0 Å². The Bertz CT molecular complexity index is 356. The molecule has 0 aliphatic carbocycles. The van der Waals surface area contributed by atoms with E-state index in [1.165, 1.54) is 0 Å². The molecule has 1 N–H and O–H groups in total. The average molecular weight is 248 g/mol. The molecule has 78 valence electrons. The zero-order valence-electron chi connectivity index (χ0n) is 6.27. The standard InChI is InChI=1S/C6H2Cl2F3NO2/c7-3-2(13)1-12-5(8)4(3)14-6(9,10)11/h1,13H. The van der Waals surface area contributed by atoms with Crippen molar-refractivity contribution in [3.63, 3.8) is 0 Å². The van der Waals surface area contributed by atoms with Gasteiger partial charge in [0.1, 0.15) is 5.02 Å². The number of aromatic nitrogens is 1. The lowest BCUT2D eigenvalue weighted by atomic mass is 10.4. The van der Waals surface area contributed by atoms with E-state index in [0.717, 1.165) is 6.20 Å². The zero-order chi connectivity index (χ0) is 10.9. The van der Waals surface area contributed by atoms with Crippen LogP contribution in [0.15, 0.2) is 6.20 Å². The van der Waals surface area contributed by atoms with Gasteiger partial charge in [-0.25, -0.2) is 4.98 Å². The SMILES string of the molecule is Oc1cnc(Cl)c(OC(F)(F)F)c1Cl. The molecule has 0 aliphatic rings. The molecule has 1 heterocycles. The van der Waals surface area contributed by atoms with Gasteiger partial charge in [-0.1, -0.05) is 23.2 Å². The van der Waals surface area contributed by atoms with Gasteiger partial charge >= 0.3 is 6.36 Å². The Morgan fingerprint density at radius 3 is 2.43 bits per heavy atom. The average Bonchev–Trinajstić information content (AvgIpc) is 2.04. The normalized spacial score (nSPS) is 11.5. The van der Waals surface area contributed by atoms with Crippen LogP contribution in [-0.2, 0) is 0 Å². The van der Waals surface area contributed by atoms with Crippen molar-refractivity contribution < 1.29 is 23.0 Å². The van der Waals surface area contributed by atoms with Crippen LogP contribution >= 0.6 is 23.2 Å². The van der Waals surface area contributed by atoms with Gasteiger partial charge in [-0.2, -0.15) is 0 Å². The Balaban J connectivity index is 3.13. The summed E-state index contributed by atoms with van der Waals surface area (Å²) in [4.78, 5) is 3.23. The van der Waals surface area contributed by atoms with Crippen molar-refractivity contribution in [3.05, 3.63) is 16.4 Å². The van der Waals surface area contributed by atoms with Crippen LogP contribution in [0.5, 0.6) is 11.5 Å². The molecule has 0 saturated carbocycles. The van der Waals surface area contributed by atoms with Gasteiger partial charge in [-0.15, -0.1) is 13.2 Å². The number of alkyl halides is 3. The monoisotopic (exact) mass is 247 g/mol. The summed E-state index contributed by atoms with van der Waals surface area (Å²) in [5.41, 5.74) is 0. The van der Waals surface area contributed by atoms with Gasteiger partial charge in [0.15, 0.2) is 16.7 Å². The molecule has 0 saturated heterocycles.